The molecule has 0 aromatic rings. The summed E-state index contributed by atoms with van der Waals surface area (Å²) in [5, 5.41) is 0. The summed E-state index contributed by atoms with van der Waals surface area (Å²) in [6.45, 7) is 5.33. The fourth-order valence-corrected chi connectivity index (χ4v) is 10.2. The molecule has 6 rings (SSSR count). The summed E-state index contributed by atoms with van der Waals surface area (Å²) in [6, 6.07) is 0. The van der Waals surface area contributed by atoms with Crippen LogP contribution in [0.4, 0.5) is 0 Å². The number of halogens is 1. The van der Waals surface area contributed by atoms with Crippen molar-refractivity contribution in [2.45, 2.75) is 82.6 Å². The summed E-state index contributed by atoms with van der Waals surface area (Å²) < 4.78 is 11.3. The maximum absolute atomic E-state index is 14.3. The molecule has 4 bridgehead atoms. The van der Waals surface area contributed by atoms with Crippen molar-refractivity contribution >= 4 is 27.7 Å². The van der Waals surface area contributed by atoms with Crippen LogP contribution in [0.3, 0.4) is 0 Å². The van der Waals surface area contributed by atoms with E-state index in [1.54, 1.807) is 0 Å². The van der Waals surface area contributed by atoms with Crippen LogP contribution < -0.4 is 0 Å². The molecule has 6 fully saturated rings. The van der Waals surface area contributed by atoms with E-state index in [1.165, 1.54) is 45.6 Å². The van der Waals surface area contributed by atoms with Crippen LogP contribution in [0.5, 0.6) is 0 Å². The van der Waals surface area contributed by atoms with Gasteiger partial charge < -0.3 is 9.47 Å². The number of methoxy groups -OCH3 is 1. The molecule has 2 heterocycles. The molecule has 0 aromatic heterocycles. The number of carbonyl (C=O) groups is 2. The van der Waals surface area contributed by atoms with Crippen molar-refractivity contribution in [1.82, 2.24) is 0 Å². The number of esters is 1. The van der Waals surface area contributed by atoms with Gasteiger partial charge in [0.2, 0.25) is 0 Å². The predicted molar refractivity (Wildman–Crippen MR) is 118 cm³/mol. The maximum atomic E-state index is 14.3. The Morgan fingerprint density at radius 3 is 2.67 bits per heavy atom. The molecule has 2 saturated heterocycles. The molecule has 5 heteroatoms. The third kappa shape index (κ3) is 2.79. The second-order valence-corrected chi connectivity index (χ2v) is 12.2. The lowest BCUT2D eigenvalue weighted by Crippen LogP contribution is -2.65. The quantitative estimate of drug-likeness (QED) is 0.411. The van der Waals surface area contributed by atoms with E-state index < -0.39 is 0 Å². The zero-order chi connectivity index (χ0) is 21.3. The van der Waals surface area contributed by atoms with Gasteiger partial charge in [0.05, 0.1) is 30.1 Å². The first kappa shape index (κ1) is 21.4. The fourth-order valence-electron chi connectivity index (χ4n) is 9.09. The number of rotatable bonds is 4. The van der Waals surface area contributed by atoms with Gasteiger partial charge in [-0.05, 0) is 92.3 Å². The molecule has 4 nitrogen and oxygen atoms in total. The minimum Gasteiger partial charge on any atom is -0.469 e. The first-order valence-corrected chi connectivity index (χ1v) is 13.1. The van der Waals surface area contributed by atoms with Crippen molar-refractivity contribution in [3.8, 4) is 0 Å². The second kappa shape index (κ2) is 7.57. The van der Waals surface area contributed by atoms with Crippen LogP contribution >= 0.6 is 15.9 Å². The standard InChI is InChI=1S/C25H37BrO4/c1-14(4-11-21(27)29-3)17-9-10-19-20-7-5-15-12-16-6-8-18(15)25(20,13-30-16)23(28)22(26)24(17,19)2/h14-20,22H,4-13H2,1-3H3/t14-,15-,16+,17-,18+,19+,20-,22-,24+,25+/m0/s1. The van der Waals surface area contributed by atoms with Crippen LogP contribution in [0.2, 0.25) is 0 Å². The molecule has 4 saturated carbocycles. The zero-order valence-corrected chi connectivity index (χ0v) is 20.3. The van der Waals surface area contributed by atoms with Crippen LogP contribution in [-0.4, -0.2) is 36.4 Å². The molecule has 30 heavy (non-hydrogen) atoms. The Bertz CT molecular complexity index is 724. The smallest absolute Gasteiger partial charge is 0.305 e. The average molecular weight is 481 g/mol. The monoisotopic (exact) mass is 480 g/mol. The number of hydrogen-bond acceptors (Lipinski definition) is 4. The lowest BCUT2D eigenvalue weighted by atomic mass is 9.42. The number of Topliss-reactive ketones (excluding diaryl/α,β-unsaturated/α-hetero) is 1. The molecule has 168 valence electrons. The molecule has 6 aliphatic rings. The highest BCUT2D eigenvalue weighted by molar-refractivity contribution is 9.10. The van der Waals surface area contributed by atoms with Gasteiger partial charge in [0.25, 0.3) is 0 Å². The van der Waals surface area contributed by atoms with E-state index in [4.69, 9.17) is 9.47 Å². The normalized spacial score (nSPS) is 50.4. The molecular formula is C25H37BrO4. The minimum absolute atomic E-state index is 0.0281. The molecule has 1 spiro atoms. The number of ether oxygens (including phenoxy) is 2. The van der Waals surface area contributed by atoms with Crippen molar-refractivity contribution in [3.05, 3.63) is 0 Å². The molecule has 4 aliphatic carbocycles. The summed E-state index contributed by atoms with van der Waals surface area (Å²) in [7, 11) is 1.46. The molecular weight excluding hydrogens is 444 g/mol. The Hall–Kier alpha value is -0.420. The third-order valence-electron chi connectivity index (χ3n) is 10.5. The van der Waals surface area contributed by atoms with Gasteiger partial charge in [-0.25, -0.2) is 0 Å². The van der Waals surface area contributed by atoms with Gasteiger partial charge in [0.15, 0.2) is 5.78 Å². The number of ketones is 1. The van der Waals surface area contributed by atoms with Gasteiger partial charge in [-0.2, -0.15) is 0 Å². The first-order chi connectivity index (χ1) is 14.3. The fraction of sp³-hybridized carbons (Fsp3) is 0.920. The van der Waals surface area contributed by atoms with E-state index >= 15 is 0 Å². The number of carbonyl (C=O) groups excluding carboxylic acids is 2. The summed E-state index contributed by atoms with van der Waals surface area (Å²) in [5.74, 6) is 3.48. The summed E-state index contributed by atoms with van der Waals surface area (Å²) in [5.41, 5.74) is -0.281. The van der Waals surface area contributed by atoms with Crippen molar-refractivity contribution < 1.29 is 19.1 Å². The Balaban J connectivity index is 1.47. The maximum Gasteiger partial charge on any atom is 0.305 e. The van der Waals surface area contributed by atoms with E-state index in [0.29, 0.717) is 60.4 Å². The van der Waals surface area contributed by atoms with Crippen molar-refractivity contribution in [2.75, 3.05) is 13.7 Å². The summed E-state index contributed by atoms with van der Waals surface area (Å²) >= 11 is 4.00. The number of fused-ring (bicyclic) bond motifs is 4. The van der Waals surface area contributed by atoms with Gasteiger partial charge >= 0.3 is 5.97 Å². The van der Waals surface area contributed by atoms with Crippen LogP contribution in [-0.2, 0) is 19.1 Å². The van der Waals surface area contributed by atoms with Crippen molar-refractivity contribution in [2.24, 2.45) is 46.3 Å². The lowest BCUT2D eigenvalue weighted by molar-refractivity contribution is -0.168. The highest BCUT2D eigenvalue weighted by atomic mass is 79.9. The molecule has 0 N–H and O–H groups in total. The van der Waals surface area contributed by atoms with E-state index in [2.05, 4.69) is 29.8 Å². The largest absolute Gasteiger partial charge is 0.469 e. The topological polar surface area (TPSA) is 52.6 Å². The van der Waals surface area contributed by atoms with Gasteiger partial charge in [-0.15, -0.1) is 0 Å². The average Bonchev–Trinajstić information content (AvgIpc) is 2.94. The molecule has 0 radical (unpaired) electrons. The van der Waals surface area contributed by atoms with Gasteiger partial charge in [0, 0.05) is 6.42 Å². The predicted octanol–water partition coefficient (Wildman–Crippen LogP) is 5.17. The van der Waals surface area contributed by atoms with Gasteiger partial charge in [-0.3, -0.25) is 9.59 Å². The second-order valence-electron chi connectivity index (χ2n) is 11.3. The first-order valence-electron chi connectivity index (χ1n) is 12.2. The number of alkyl halides is 1. The van der Waals surface area contributed by atoms with Gasteiger partial charge in [-0.1, -0.05) is 29.8 Å². The molecule has 0 amide bonds. The van der Waals surface area contributed by atoms with Crippen molar-refractivity contribution in [1.29, 1.82) is 0 Å². The molecule has 10 atom stereocenters. The van der Waals surface area contributed by atoms with E-state index in [1.807, 2.05) is 0 Å². The van der Waals surface area contributed by atoms with Crippen LogP contribution in [0, 0.1) is 46.3 Å². The Kier molecular flexibility index (Phi) is 5.41. The zero-order valence-electron chi connectivity index (χ0n) is 18.7. The summed E-state index contributed by atoms with van der Waals surface area (Å²) in [6.07, 6.45) is 10.1. The van der Waals surface area contributed by atoms with E-state index in [9.17, 15) is 9.59 Å². The molecule has 0 unspecified atom stereocenters. The molecule has 2 aliphatic heterocycles. The third-order valence-corrected chi connectivity index (χ3v) is 11.9. The Labute approximate surface area is 189 Å². The highest BCUT2D eigenvalue weighted by Crippen LogP contribution is 2.70. The number of hydrogen-bond donors (Lipinski definition) is 0. The van der Waals surface area contributed by atoms with Crippen LogP contribution in [0.25, 0.3) is 0 Å². The summed E-state index contributed by atoms with van der Waals surface area (Å²) in [4.78, 5) is 25.9. The van der Waals surface area contributed by atoms with Crippen LogP contribution in [0.15, 0.2) is 0 Å². The van der Waals surface area contributed by atoms with Gasteiger partial charge in [0.1, 0.15) is 0 Å². The lowest BCUT2D eigenvalue weighted by Gasteiger charge is -2.61. The Morgan fingerprint density at radius 2 is 1.90 bits per heavy atom. The van der Waals surface area contributed by atoms with E-state index in [0.717, 1.165) is 12.8 Å². The van der Waals surface area contributed by atoms with E-state index in [-0.39, 0.29) is 21.6 Å². The Morgan fingerprint density at radius 1 is 1.17 bits per heavy atom. The minimum atomic E-state index is -0.253. The SMILES string of the molecule is COC(=O)CC[C@H](C)[C@@H]1CC[C@@H]2[C@@H]3CC[C@H]4C[C@H]5CC[C@H]4[C@@]3(CO5)C(=O)[C@H](Br)[C@@]21C. The molecule has 0 aromatic carbocycles. The van der Waals surface area contributed by atoms with Crippen molar-refractivity contribution in [3.63, 3.8) is 0 Å². The van der Waals surface area contributed by atoms with Crippen LogP contribution in [0.1, 0.15) is 71.6 Å². The highest BCUT2D eigenvalue weighted by Gasteiger charge is 2.71.